The number of thioether (sulfide) groups is 1. The summed E-state index contributed by atoms with van der Waals surface area (Å²) in [6.07, 6.45) is 0. The van der Waals surface area contributed by atoms with E-state index in [4.69, 9.17) is 10.5 Å². The van der Waals surface area contributed by atoms with Crippen molar-refractivity contribution in [1.82, 2.24) is 4.90 Å². The number of esters is 1. The third kappa shape index (κ3) is 1.67. The molecule has 3 unspecified atom stereocenters. The minimum atomic E-state index is -1.69. The van der Waals surface area contributed by atoms with E-state index in [-0.39, 0.29) is 17.8 Å². The normalized spacial score (nSPS) is 38.7. The Morgan fingerprint density at radius 2 is 2.22 bits per heavy atom. The molecule has 2 rings (SSSR count). The Bertz CT molecular complexity index is 428. The maximum Gasteiger partial charge on any atom is 0.351 e. The first-order valence-electron chi connectivity index (χ1n) is 5.44. The summed E-state index contributed by atoms with van der Waals surface area (Å²) >= 11 is 1.25. The Morgan fingerprint density at radius 3 is 2.72 bits per heavy atom. The summed E-state index contributed by atoms with van der Waals surface area (Å²) in [6, 6.07) is -0.596. The van der Waals surface area contributed by atoms with Crippen LogP contribution >= 0.6 is 11.8 Å². The van der Waals surface area contributed by atoms with Crippen LogP contribution in [0.2, 0.25) is 0 Å². The molecule has 0 aromatic heterocycles. The molecule has 2 saturated heterocycles. The van der Waals surface area contributed by atoms with Gasteiger partial charge in [0.2, 0.25) is 11.5 Å². The molecule has 0 saturated carbocycles. The van der Waals surface area contributed by atoms with Gasteiger partial charge < -0.3 is 20.5 Å². The number of nitrogens with two attached hydrogens (primary N) is 1. The Hall–Kier alpha value is -1.28. The fourth-order valence-corrected chi connectivity index (χ4v) is 3.71. The Kier molecular flexibility index (Phi) is 3.02. The zero-order chi connectivity index (χ0) is 13.7. The lowest BCUT2D eigenvalue weighted by Crippen LogP contribution is -2.75. The van der Waals surface area contributed by atoms with Crippen molar-refractivity contribution in [2.45, 2.75) is 36.1 Å². The van der Waals surface area contributed by atoms with E-state index in [2.05, 4.69) is 0 Å². The topological polar surface area (TPSA) is 110 Å². The van der Waals surface area contributed by atoms with Crippen LogP contribution in [-0.4, -0.2) is 56.7 Å². The van der Waals surface area contributed by atoms with Gasteiger partial charge >= 0.3 is 11.9 Å². The first kappa shape index (κ1) is 13.2. The van der Waals surface area contributed by atoms with E-state index >= 15 is 0 Å². The number of carbonyl (C=O) groups excluding carboxylic acids is 2. The second-order valence-corrected chi connectivity index (χ2v) is 5.91. The average molecular weight is 274 g/mol. The van der Waals surface area contributed by atoms with Gasteiger partial charge in [-0.05, 0) is 6.92 Å². The second kappa shape index (κ2) is 4.13. The molecule has 18 heavy (non-hydrogen) atoms. The number of hydrogen-bond acceptors (Lipinski definition) is 6. The lowest BCUT2D eigenvalue weighted by atomic mass is 9.95. The van der Waals surface area contributed by atoms with Crippen molar-refractivity contribution >= 4 is 29.6 Å². The monoisotopic (exact) mass is 274 g/mol. The van der Waals surface area contributed by atoms with Crippen molar-refractivity contribution in [2.24, 2.45) is 5.73 Å². The summed E-state index contributed by atoms with van der Waals surface area (Å²) in [5.74, 6) is -2.23. The molecule has 2 aliphatic rings. The Labute approximate surface area is 108 Å². The molecule has 0 radical (unpaired) electrons. The van der Waals surface area contributed by atoms with Gasteiger partial charge in [0.1, 0.15) is 11.4 Å². The van der Waals surface area contributed by atoms with E-state index < -0.39 is 28.8 Å². The molecule has 1 amide bonds. The number of β-lactam (4-membered cyclic amide) rings is 1. The van der Waals surface area contributed by atoms with Crippen LogP contribution < -0.4 is 5.73 Å². The highest BCUT2D eigenvalue weighted by Crippen LogP contribution is 2.43. The lowest BCUT2D eigenvalue weighted by molar-refractivity contribution is -0.184. The highest BCUT2D eigenvalue weighted by molar-refractivity contribution is 8.00. The summed E-state index contributed by atoms with van der Waals surface area (Å²) < 4.78 is 4.99. The van der Waals surface area contributed by atoms with Crippen LogP contribution in [0, 0.1) is 0 Å². The molecule has 0 spiro atoms. The highest BCUT2D eigenvalue weighted by Gasteiger charge is 2.61. The molecule has 4 atom stereocenters. The fraction of sp³-hybridized carbons (Fsp3) is 0.700. The molecule has 8 heteroatoms. The molecule has 0 aromatic rings. The minimum Gasteiger partial charge on any atom is -0.478 e. The predicted octanol–water partition coefficient (Wildman–Crippen LogP) is -0.996. The van der Waals surface area contributed by atoms with Gasteiger partial charge in [-0.3, -0.25) is 9.59 Å². The van der Waals surface area contributed by atoms with Crippen LogP contribution in [0.3, 0.4) is 0 Å². The predicted molar refractivity (Wildman–Crippen MR) is 62.7 cm³/mol. The third-order valence-electron chi connectivity index (χ3n) is 3.28. The Balaban J connectivity index is 2.28. The number of ether oxygens (including phenoxy) is 1. The fourth-order valence-electron chi connectivity index (χ4n) is 2.23. The molecular weight excluding hydrogens is 260 g/mol. The quantitative estimate of drug-likeness (QED) is 0.491. The third-order valence-corrected chi connectivity index (χ3v) is 4.89. The van der Waals surface area contributed by atoms with Gasteiger partial charge in [-0.2, -0.15) is 0 Å². The summed E-state index contributed by atoms with van der Waals surface area (Å²) in [7, 11) is 0. The van der Waals surface area contributed by atoms with Crippen LogP contribution in [0.4, 0.5) is 0 Å². The summed E-state index contributed by atoms with van der Waals surface area (Å²) in [6.45, 7) is 2.67. The van der Waals surface area contributed by atoms with Crippen molar-refractivity contribution in [2.75, 3.05) is 6.54 Å². The van der Waals surface area contributed by atoms with Crippen molar-refractivity contribution in [3.63, 3.8) is 0 Å². The second-order valence-electron chi connectivity index (χ2n) is 4.45. The first-order chi connectivity index (χ1) is 8.29. The molecule has 2 aliphatic heterocycles. The number of nitrogens with zero attached hydrogens (tertiary/aromatic N) is 1. The largest absolute Gasteiger partial charge is 0.478 e. The number of amides is 1. The van der Waals surface area contributed by atoms with Gasteiger partial charge in [-0.25, -0.2) is 4.79 Å². The number of carboxylic acid groups (broad SMARTS) is 1. The van der Waals surface area contributed by atoms with Gasteiger partial charge in [0, 0.05) is 6.92 Å². The van der Waals surface area contributed by atoms with Gasteiger partial charge in [-0.1, -0.05) is 0 Å². The number of carboxylic acids is 1. The number of carbonyl (C=O) groups is 3. The smallest absolute Gasteiger partial charge is 0.351 e. The summed E-state index contributed by atoms with van der Waals surface area (Å²) in [5.41, 5.74) is 3.95. The molecule has 0 aromatic carbocycles. The maximum atomic E-state index is 11.6. The minimum absolute atomic E-state index is 0.146. The molecule has 0 aliphatic carbocycles. The summed E-state index contributed by atoms with van der Waals surface area (Å²) in [5, 5.41) is 8.63. The number of rotatable bonds is 2. The highest BCUT2D eigenvalue weighted by atomic mass is 32.2. The molecule has 7 nitrogen and oxygen atoms in total. The van der Waals surface area contributed by atoms with Crippen LogP contribution in [-0.2, 0) is 19.1 Å². The van der Waals surface area contributed by atoms with E-state index in [1.807, 2.05) is 0 Å². The van der Waals surface area contributed by atoms with E-state index in [1.54, 1.807) is 6.92 Å². The Morgan fingerprint density at radius 1 is 1.61 bits per heavy atom. The van der Waals surface area contributed by atoms with Gasteiger partial charge in [0.15, 0.2) is 0 Å². The number of hydrogen-bond donors (Lipinski definition) is 2. The SMILES string of the molecule is CC(=O)OC1(C(=O)O)CN2C(=O)C(N)[C@H]2SC1C. The first-order valence-corrected chi connectivity index (χ1v) is 6.38. The molecular formula is C10H14N2O5S. The van der Waals surface area contributed by atoms with Crippen molar-refractivity contribution in [3.8, 4) is 0 Å². The van der Waals surface area contributed by atoms with Crippen molar-refractivity contribution in [3.05, 3.63) is 0 Å². The molecule has 3 N–H and O–H groups in total. The molecule has 2 fully saturated rings. The van der Waals surface area contributed by atoms with Crippen LogP contribution in [0.1, 0.15) is 13.8 Å². The van der Waals surface area contributed by atoms with Crippen LogP contribution in [0.25, 0.3) is 0 Å². The van der Waals surface area contributed by atoms with Crippen molar-refractivity contribution in [1.29, 1.82) is 0 Å². The summed E-state index contributed by atoms with van der Waals surface area (Å²) in [4.78, 5) is 35.4. The van der Waals surface area contributed by atoms with Gasteiger partial charge in [0.25, 0.3) is 0 Å². The van der Waals surface area contributed by atoms with Crippen LogP contribution in [0.15, 0.2) is 0 Å². The van der Waals surface area contributed by atoms with Crippen LogP contribution in [0.5, 0.6) is 0 Å². The zero-order valence-electron chi connectivity index (χ0n) is 9.95. The molecule has 0 bridgehead atoms. The standard InChI is InChI=1S/C10H14N2O5S/c1-4-10(9(15)16,17-5(2)13)3-12-7(14)6(11)8(12)18-4/h4,6,8H,3,11H2,1-2H3,(H,15,16)/t4?,6?,8-,10?/m1/s1. The lowest BCUT2D eigenvalue weighted by Gasteiger charge is -2.54. The maximum absolute atomic E-state index is 11.6. The number of fused-ring (bicyclic) bond motifs is 1. The number of aliphatic carboxylic acids is 1. The van der Waals surface area contributed by atoms with Crippen molar-refractivity contribution < 1.29 is 24.2 Å². The molecule has 100 valence electrons. The molecule has 2 heterocycles. The zero-order valence-corrected chi connectivity index (χ0v) is 10.8. The van der Waals surface area contributed by atoms with Gasteiger partial charge in [0.05, 0.1) is 11.8 Å². The average Bonchev–Trinajstić information content (AvgIpc) is 2.29. The van der Waals surface area contributed by atoms with Gasteiger partial charge in [-0.15, -0.1) is 11.8 Å². The van der Waals surface area contributed by atoms with E-state index in [1.165, 1.54) is 16.7 Å². The van der Waals surface area contributed by atoms with E-state index in [9.17, 15) is 19.5 Å². The van der Waals surface area contributed by atoms with E-state index in [0.717, 1.165) is 6.92 Å². The van der Waals surface area contributed by atoms with E-state index in [0.29, 0.717) is 0 Å².